The fourth-order valence-corrected chi connectivity index (χ4v) is 4.14. The number of amides is 1. The van der Waals surface area contributed by atoms with E-state index in [0.717, 1.165) is 10.3 Å². The lowest BCUT2D eigenvalue weighted by atomic mass is 10.1. The van der Waals surface area contributed by atoms with Gasteiger partial charge in [0.2, 0.25) is 0 Å². The molecule has 6 nitrogen and oxygen atoms in total. The molecular weight excluding hydrogens is 405 g/mol. The lowest BCUT2D eigenvalue weighted by molar-refractivity contribution is 0.0981. The van der Waals surface area contributed by atoms with Crippen molar-refractivity contribution in [3.8, 4) is 11.5 Å². The predicted molar refractivity (Wildman–Crippen MR) is 114 cm³/mol. The third kappa shape index (κ3) is 3.69. The van der Waals surface area contributed by atoms with Crippen molar-refractivity contribution in [1.29, 1.82) is 0 Å². The molecule has 0 fully saturated rings. The fourth-order valence-electron chi connectivity index (χ4n) is 3.07. The van der Waals surface area contributed by atoms with Crippen LogP contribution in [0.4, 0.5) is 9.52 Å². The van der Waals surface area contributed by atoms with E-state index in [1.165, 1.54) is 28.4 Å². The van der Waals surface area contributed by atoms with Gasteiger partial charge in [-0.1, -0.05) is 29.5 Å². The van der Waals surface area contributed by atoms with Crippen LogP contribution < -0.4 is 14.4 Å². The molecule has 2 aromatic carbocycles. The van der Waals surface area contributed by atoms with Gasteiger partial charge in [0.15, 0.2) is 5.13 Å². The lowest BCUT2D eigenvalue weighted by Crippen LogP contribution is -2.31. The van der Waals surface area contributed by atoms with E-state index in [-0.39, 0.29) is 12.1 Å². The Labute approximate surface area is 176 Å². The molecule has 0 spiro atoms. The molecule has 0 radical (unpaired) electrons. The highest BCUT2D eigenvalue weighted by molar-refractivity contribution is 7.22. The molecule has 2 heterocycles. The van der Waals surface area contributed by atoms with E-state index in [0.29, 0.717) is 22.1 Å². The molecule has 1 amide bonds. The minimum absolute atomic E-state index is 0.0282. The first kappa shape index (κ1) is 19.8. The van der Waals surface area contributed by atoms with E-state index >= 15 is 0 Å². The molecule has 30 heavy (non-hydrogen) atoms. The maximum Gasteiger partial charge on any atom is 0.263 e. The van der Waals surface area contributed by atoms with Crippen molar-refractivity contribution in [3.05, 3.63) is 77.9 Å². The molecule has 152 valence electrons. The first-order valence-electron chi connectivity index (χ1n) is 9.09. The van der Waals surface area contributed by atoms with Gasteiger partial charge in [0.1, 0.15) is 27.5 Å². The van der Waals surface area contributed by atoms with Crippen LogP contribution in [0.15, 0.2) is 60.9 Å². The van der Waals surface area contributed by atoms with Crippen LogP contribution in [0.3, 0.4) is 0 Å². The van der Waals surface area contributed by atoms with Crippen molar-refractivity contribution in [2.45, 2.75) is 6.54 Å². The van der Waals surface area contributed by atoms with Crippen LogP contribution in [0.2, 0.25) is 0 Å². The molecule has 0 atom stereocenters. The van der Waals surface area contributed by atoms with Crippen molar-refractivity contribution in [1.82, 2.24) is 9.97 Å². The van der Waals surface area contributed by atoms with E-state index in [1.54, 1.807) is 56.9 Å². The number of carbonyl (C=O) groups is 1. The quantitative estimate of drug-likeness (QED) is 0.450. The second-order valence-corrected chi connectivity index (χ2v) is 7.35. The van der Waals surface area contributed by atoms with Crippen LogP contribution >= 0.6 is 11.3 Å². The van der Waals surface area contributed by atoms with Crippen LogP contribution in [0, 0.1) is 5.82 Å². The normalized spacial score (nSPS) is 10.8. The number of aromatic nitrogens is 2. The third-order valence-corrected chi connectivity index (χ3v) is 5.64. The Hall–Kier alpha value is -3.52. The summed E-state index contributed by atoms with van der Waals surface area (Å²) >= 11 is 1.28. The highest BCUT2D eigenvalue weighted by Crippen LogP contribution is 2.40. The molecule has 4 rings (SSSR count). The van der Waals surface area contributed by atoms with Crippen molar-refractivity contribution < 1.29 is 18.7 Å². The number of halogens is 1. The van der Waals surface area contributed by atoms with Crippen molar-refractivity contribution in [2.75, 3.05) is 19.1 Å². The van der Waals surface area contributed by atoms with Crippen LogP contribution in [0.1, 0.15) is 15.9 Å². The molecular formula is C22H18FN3O3S. The molecule has 2 aromatic heterocycles. The van der Waals surface area contributed by atoms with E-state index < -0.39 is 11.7 Å². The summed E-state index contributed by atoms with van der Waals surface area (Å²) in [6, 6.07) is 13.1. The highest BCUT2D eigenvalue weighted by atomic mass is 32.1. The van der Waals surface area contributed by atoms with Crippen LogP contribution in [-0.4, -0.2) is 30.1 Å². The van der Waals surface area contributed by atoms with E-state index in [2.05, 4.69) is 9.97 Å². The topological polar surface area (TPSA) is 64.6 Å². The number of pyridine rings is 1. The minimum Gasteiger partial charge on any atom is -0.495 e. The number of benzene rings is 2. The molecule has 0 saturated heterocycles. The van der Waals surface area contributed by atoms with Crippen LogP contribution in [0.25, 0.3) is 10.2 Å². The third-order valence-electron chi connectivity index (χ3n) is 4.54. The number of rotatable bonds is 6. The molecule has 0 aliphatic carbocycles. The summed E-state index contributed by atoms with van der Waals surface area (Å²) in [6.45, 7) is 0.186. The maximum atomic E-state index is 14.4. The second kappa shape index (κ2) is 8.46. The smallest absolute Gasteiger partial charge is 0.263 e. The molecule has 0 aliphatic heterocycles. The average Bonchev–Trinajstić information content (AvgIpc) is 3.22. The van der Waals surface area contributed by atoms with E-state index in [9.17, 15) is 9.18 Å². The Kier molecular flexibility index (Phi) is 5.58. The number of anilines is 1. The number of nitrogens with zero attached hydrogens (tertiary/aromatic N) is 3. The van der Waals surface area contributed by atoms with Gasteiger partial charge in [0, 0.05) is 12.4 Å². The Balaban J connectivity index is 1.85. The molecule has 0 unspecified atom stereocenters. The standard InChI is InChI=1S/C22H18FN3O3S/c1-28-17-9-10-18(29-2)20-19(17)25-22(30-20)26(13-14-6-5-11-24-12-14)21(27)15-7-3-4-8-16(15)23/h3-12H,13H2,1-2H3. The predicted octanol–water partition coefficient (Wildman–Crippen LogP) is 4.69. The zero-order valence-electron chi connectivity index (χ0n) is 16.3. The number of hydrogen-bond donors (Lipinski definition) is 0. The van der Waals surface area contributed by atoms with Crippen molar-refractivity contribution >= 4 is 32.6 Å². The highest BCUT2D eigenvalue weighted by Gasteiger charge is 2.25. The fraction of sp³-hybridized carbons (Fsp3) is 0.136. The Morgan fingerprint density at radius 2 is 1.83 bits per heavy atom. The molecule has 0 bridgehead atoms. The molecule has 0 saturated carbocycles. The summed E-state index contributed by atoms with van der Waals surface area (Å²) in [4.78, 5) is 23.5. The SMILES string of the molecule is COc1ccc(OC)c2sc(N(Cc3cccnc3)C(=O)c3ccccc3F)nc12. The number of thiazole rings is 1. The monoisotopic (exact) mass is 423 g/mol. The van der Waals surface area contributed by atoms with Crippen molar-refractivity contribution in [2.24, 2.45) is 0 Å². The molecule has 0 N–H and O–H groups in total. The number of fused-ring (bicyclic) bond motifs is 1. The van der Waals surface area contributed by atoms with Gasteiger partial charge in [-0.15, -0.1) is 0 Å². The zero-order chi connectivity index (χ0) is 21.1. The van der Waals surface area contributed by atoms with Gasteiger partial charge in [0.05, 0.1) is 26.3 Å². The van der Waals surface area contributed by atoms with Crippen LogP contribution in [0.5, 0.6) is 11.5 Å². The van der Waals surface area contributed by atoms with Crippen molar-refractivity contribution in [3.63, 3.8) is 0 Å². The zero-order valence-corrected chi connectivity index (χ0v) is 17.1. The Morgan fingerprint density at radius 3 is 2.53 bits per heavy atom. The van der Waals surface area contributed by atoms with Gasteiger partial charge >= 0.3 is 0 Å². The molecule has 4 aromatic rings. The minimum atomic E-state index is -0.588. The number of methoxy groups -OCH3 is 2. The van der Waals surface area contributed by atoms with Gasteiger partial charge in [-0.25, -0.2) is 9.37 Å². The summed E-state index contributed by atoms with van der Waals surface area (Å²) < 4.78 is 26.0. The van der Waals surface area contributed by atoms with Gasteiger partial charge < -0.3 is 9.47 Å². The number of ether oxygens (including phenoxy) is 2. The molecule has 0 aliphatic rings. The summed E-state index contributed by atoms with van der Waals surface area (Å²) in [5.41, 5.74) is 1.34. The number of hydrogen-bond acceptors (Lipinski definition) is 6. The van der Waals surface area contributed by atoms with E-state index in [1.807, 2.05) is 6.07 Å². The van der Waals surface area contributed by atoms with Gasteiger partial charge in [-0.3, -0.25) is 14.7 Å². The summed E-state index contributed by atoms with van der Waals surface area (Å²) in [6.07, 6.45) is 3.32. The average molecular weight is 423 g/mol. The first-order valence-corrected chi connectivity index (χ1v) is 9.91. The van der Waals surface area contributed by atoms with Gasteiger partial charge in [-0.2, -0.15) is 0 Å². The van der Waals surface area contributed by atoms with Gasteiger partial charge in [-0.05, 0) is 35.9 Å². The van der Waals surface area contributed by atoms with E-state index in [4.69, 9.17) is 9.47 Å². The number of carbonyl (C=O) groups excluding carboxylic acids is 1. The van der Waals surface area contributed by atoms with Gasteiger partial charge in [0.25, 0.3) is 5.91 Å². The summed E-state index contributed by atoms with van der Waals surface area (Å²) in [7, 11) is 3.12. The maximum absolute atomic E-state index is 14.4. The largest absolute Gasteiger partial charge is 0.495 e. The Morgan fingerprint density at radius 1 is 1.07 bits per heavy atom. The summed E-state index contributed by atoms with van der Waals surface area (Å²) in [5, 5.41) is 0.407. The Bertz CT molecular complexity index is 1160. The summed E-state index contributed by atoms with van der Waals surface area (Å²) in [5.74, 6) is 0.103. The van der Waals surface area contributed by atoms with Crippen LogP contribution in [-0.2, 0) is 6.54 Å². The first-order chi connectivity index (χ1) is 14.6. The second-order valence-electron chi connectivity index (χ2n) is 6.38. The molecule has 8 heteroatoms. The lowest BCUT2D eigenvalue weighted by Gasteiger charge is -2.20.